The van der Waals surface area contributed by atoms with Crippen LogP contribution < -0.4 is 0 Å². The molecule has 0 aliphatic heterocycles. The highest BCUT2D eigenvalue weighted by molar-refractivity contribution is 5.96. The molecular weight excluding hydrogens is 220 g/mol. The van der Waals surface area contributed by atoms with Crippen LogP contribution in [-0.4, -0.2) is 9.97 Å². The molecule has 0 aliphatic carbocycles. The summed E-state index contributed by atoms with van der Waals surface area (Å²) in [6, 6.07) is 6.50. The zero-order valence-electron chi connectivity index (χ0n) is 11.2. The Morgan fingerprint density at radius 1 is 0.833 bits per heavy atom. The van der Waals surface area contributed by atoms with E-state index in [2.05, 4.69) is 48.9 Å². The van der Waals surface area contributed by atoms with Gasteiger partial charge in [-0.1, -0.05) is 0 Å². The van der Waals surface area contributed by atoms with Crippen molar-refractivity contribution in [3.05, 3.63) is 46.8 Å². The number of rotatable bonds is 0. The van der Waals surface area contributed by atoms with Crippen molar-refractivity contribution in [2.45, 2.75) is 27.7 Å². The zero-order valence-corrected chi connectivity index (χ0v) is 11.2. The molecule has 0 saturated heterocycles. The third-order valence-corrected chi connectivity index (χ3v) is 3.77. The Kier molecular flexibility index (Phi) is 2.34. The second-order valence-electron chi connectivity index (χ2n) is 5.02. The Bertz CT molecular complexity index is 772. The minimum Gasteiger partial charge on any atom is -0.256 e. The Morgan fingerprint density at radius 2 is 1.61 bits per heavy atom. The molecule has 0 bridgehead atoms. The molecule has 2 heteroatoms. The van der Waals surface area contributed by atoms with E-state index in [0.717, 1.165) is 16.7 Å². The fourth-order valence-corrected chi connectivity index (χ4v) is 2.30. The summed E-state index contributed by atoms with van der Waals surface area (Å²) in [7, 11) is 0. The maximum Gasteiger partial charge on any atom is 0.0727 e. The first-order chi connectivity index (χ1) is 8.56. The number of hydrogen-bond donors (Lipinski definition) is 0. The summed E-state index contributed by atoms with van der Waals surface area (Å²) in [5, 5.41) is 2.42. The van der Waals surface area contributed by atoms with Gasteiger partial charge in [0.15, 0.2) is 0 Å². The number of hydrogen-bond acceptors (Lipinski definition) is 2. The third kappa shape index (κ3) is 1.57. The molecule has 0 spiro atoms. The quantitative estimate of drug-likeness (QED) is 0.551. The number of benzene rings is 1. The van der Waals surface area contributed by atoms with Crippen LogP contribution in [-0.2, 0) is 0 Å². The van der Waals surface area contributed by atoms with Crippen molar-refractivity contribution in [1.29, 1.82) is 0 Å². The summed E-state index contributed by atoms with van der Waals surface area (Å²) < 4.78 is 0. The highest BCUT2D eigenvalue weighted by atomic mass is 14.7. The zero-order chi connectivity index (χ0) is 12.9. The highest BCUT2D eigenvalue weighted by Gasteiger charge is 2.06. The van der Waals surface area contributed by atoms with E-state index >= 15 is 0 Å². The van der Waals surface area contributed by atoms with Gasteiger partial charge in [0.1, 0.15) is 0 Å². The minimum absolute atomic E-state index is 1.03. The lowest BCUT2D eigenvalue weighted by atomic mass is 10.0. The lowest BCUT2D eigenvalue weighted by Gasteiger charge is -2.08. The molecule has 0 radical (unpaired) electrons. The van der Waals surface area contributed by atoms with Crippen LogP contribution in [0.3, 0.4) is 0 Å². The van der Waals surface area contributed by atoms with Gasteiger partial charge < -0.3 is 0 Å². The molecule has 0 N–H and O–H groups in total. The van der Waals surface area contributed by atoms with Crippen LogP contribution in [0.5, 0.6) is 0 Å². The number of fused-ring (bicyclic) bond motifs is 2. The van der Waals surface area contributed by atoms with Crippen LogP contribution in [0.25, 0.3) is 21.8 Å². The molecule has 1 aromatic carbocycles. The largest absolute Gasteiger partial charge is 0.256 e. The number of aryl methyl sites for hydroxylation is 4. The molecule has 3 aromatic rings. The normalized spacial score (nSPS) is 11.3. The van der Waals surface area contributed by atoms with Crippen LogP contribution in [0.1, 0.15) is 22.4 Å². The first kappa shape index (κ1) is 11.1. The average Bonchev–Trinajstić information content (AvgIpc) is 2.34. The molecular formula is C16H16N2. The summed E-state index contributed by atoms with van der Waals surface area (Å²) in [4.78, 5) is 9.14. The van der Waals surface area contributed by atoms with E-state index in [9.17, 15) is 0 Å². The van der Waals surface area contributed by atoms with Gasteiger partial charge in [-0.2, -0.15) is 0 Å². The van der Waals surface area contributed by atoms with Crippen molar-refractivity contribution < 1.29 is 0 Å². The summed E-state index contributed by atoms with van der Waals surface area (Å²) in [5.74, 6) is 0. The van der Waals surface area contributed by atoms with Crippen LogP contribution in [0.2, 0.25) is 0 Å². The van der Waals surface area contributed by atoms with E-state index in [4.69, 9.17) is 0 Å². The van der Waals surface area contributed by atoms with Crippen molar-refractivity contribution in [3.63, 3.8) is 0 Å². The molecule has 18 heavy (non-hydrogen) atoms. The van der Waals surface area contributed by atoms with E-state index in [1.807, 2.05) is 13.1 Å². The number of pyridine rings is 2. The minimum atomic E-state index is 1.03. The lowest BCUT2D eigenvalue weighted by molar-refractivity contribution is 1.19. The van der Waals surface area contributed by atoms with Crippen molar-refractivity contribution in [1.82, 2.24) is 9.97 Å². The van der Waals surface area contributed by atoms with Gasteiger partial charge in [-0.15, -0.1) is 0 Å². The molecule has 0 aliphatic rings. The van der Waals surface area contributed by atoms with Gasteiger partial charge in [0.25, 0.3) is 0 Å². The number of nitrogens with zero attached hydrogens (tertiary/aromatic N) is 2. The monoisotopic (exact) mass is 236 g/mol. The predicted molar refractivity (Wildman–Crippen MR) is 76.0 cm³/mol. The van der Waals surface area contributed by atoms with Crippen LogP contribution >= 0.6 is 0 Å². The Morgan fingerprint density at radius 3 is 2.39 bits per heavy atom. The SMILES string of the molecule is Cc1cc2cc3c(C)c(C)cnc3cc2nc1C. The van der Waals surface area contributed by atoms with Crippen LogP contribution in [0.4, 0.5) is 0 Å². The molecule has 2 aromatic heterocycles. The van der Waals surface area contributed by atoms with Gasteiger partial charge in [-0.05, 0) is 62.6 Å². The first-order valence-corrected chi connectivity index (χ1v) is 6.20. The summed E-state index contributed by atoms with van der Waals surface area (Å²) in [6.45, 7) is 8.41. The fourth-order valence-electron chi connectivity index (χ4n) is 2.30. The van der Waals surface area contributed by atoms with Gasteiger partial charge in [0.05, 0.1) is 11.0 Å². The van der Waals surface area contributed by atoms with Crippen molar-refractivity contribution in [2.24, 2.45) is 0 Å². The van der Waals surface area contributed by atoms with Crippen molar-refractivity contribution in [3.8, 4) is 0 Å². The molecule has 0 amide bonds. The van der Waals surface area contributed by atoms with E-state index in [1.165, 1.54) is 27.5 Å². The topological polar surface area (TPSA) is 25.8 Å². The standard InChI is InChI=1S/C16H16N2/c1-9-5-13-6-14-11(3)10(2)8-17-16(14)7-15(13)18-12(9)4/h5-8H,1-4H3. The van der Waals surface area contributed by atoms with Crippen molar-refractivity contribution in [2.75, 3.05) is 0 Å². The highest BCUT2D eigenvalue weighted by Crippen LogP contribution is 2.25. The third-order valence-electron chi connectivity index (χ3n) is 3.77. The van der Waals surface area contributed by atoms with E-state index in [0.29, 0.717) is 0 Å². The fraction of sp³-hybridized carbons (Fsp3) is 0.250. The molecule has 90 valence electrons. The molecule has 0 unspecified atom stereocenters. The second kappa shape index (κ2) is 3.77. The van der Waals surface area contributed by atoms with Gasteiger partial charge in [-0.25, -0.2) is 0 Å². The van der Waals surface area contributed by atoms with Gasteiger partial charge >= 0.3 is 0 Å². The molecule has 0 fully saturated rings. The van der Waals surface area contributed by atoms with E-state index in [-0.39, 0.29) is 0 Å². The van der Waals surface area contributed by atoms with E-state index in [1.54, 1.807) is 0 Å². The molecule has 2 heterocycles. The Hall–Kier alpha value is -1.96. The molecule has 0 atom stereocenters. The van der Waals surface area contributed by atoms with Gasteiger partial charge in [0.2, 0.25) is 0 Å². The maximum absolute atomic E-state index is 4.64. The number of aromatic nitrogens is 2. The summed E-state index contributed by atoms with van der Waals surface area (Å²) in [5.41, 5.74) is 6.92. The van der Waals surface area contributed by atoms with Crippen LogP contribution in [0, 0.1) is 27.7 Å². The van der Waals surface area contributed by atoms with Crippen molar-refractivity contribution >= 4 is 21.8 Å². The smallest absolute Gasteiger partial charge is 0.0727 e. The second-order valence-corrected chi connectivity index (χ2v) is 5.02. The Labute approximate surface area is 107 Å². The first-order valence-electron chi connectivity index (χ1n) is 6.20. The summed E-state index contributed by atoms with van der Waals surface area (Å²) >= 11 is 0. The Balaban J connectivity index is 2.47. The summed E-state index contributed by atoms with van der Waals surface area (Å²) in [6.07, 6.45) is 1.94. The van der Waals surface area contributed by atoms with E-state index < -0.39 is 0 Å². The lowest BCUT2D eigenvalue weighted by Crippen LogP contribution is -1.92. The van der Waals surface area contributed by atoms with Crippen LogP contribution in [0.15, 0.2) is 24.4 Å². The maximum atomic E-state index is 4.64. The van der Waals surface area contributed by atoms with Gasteiger partial charge in [-0.3, -0.25) is 9.97 Å². The van der Waals surface area contributed by atoms with Gasteiger partial charge in [0, 0.05) is 22.7 Å². The molecule has 3 rings (SSSR count). The average molecular weight is 236 g/mol. The predicted octanol–water partition coefficient (Wildman–Crippen LogP) is 4.02. The molecule has 0 saturated carbocycles. The molecule has 2 nitrogen and oxygen atoms in total.